The van der Waals surface area contributed by atoms with Gasteiger partial charge in [-0.25, -0.2) is 0 Å². The lowest BCUT2D eigenvalue weighted by atomic mass is 10.1. The lowest BCUT2D eigenvalue weighted by molar-refractivity contribution is 0.614. The Morgan fingerprint density at radius 2 is 2.06 bits per heavy atom. The fourth-order valence-electron chi connectivity index (χ4n) is 2.99. The number of nitrogens with zero attached hydrogens (tertiary/aromatic N) is 2. The van der Waals surface area contributed by atoms with Crippen LogP contribution < -0.4 is 5.32 Å². The standard InChI is InChI=1S/C13H21N3S/c1-2-14-5-3-4-12-15-16-13(17-12)11-7-9-6-10(9)8-11/h9-11,14H,2-8H2,1H3. The van der Waals surface area contributed by atoms with Crippen molar-refractivity contribution >= 4 is 11.3 Å². The molecule has 0 saturated heterocycles. The molecule has 0 spiro atoms. The molecule has 0 bridgehead atoms. The summed E-state index contributed by atoms with van der Waals surface area (Å²) < 4.78 is 0. The van der Waals surface area contributed by atoms with Crippen molar-refractivity contribution in [2.45, 2.75) is 44.9 Å². The number of hydrogen-bond acceptors (Lipinski definition) is 4. The van der Waals surface area contributed by atoms with Gasteiger partial charge in [-0.2, -0.15) is 0 Å². The van der Waals surface area contributed by atoms with Crippen LogP contribution in [0.4, 0.5) is 0 Å². The first-order chi connectivity index (χ1) is 8.36. The third-order valence-electron chi connectivity index (χ3n) is 4.07. The molecule has 3 nitrogen and oxygen atoms in total. The highest BCUT2D eigenvalue weighted by molar-refractivity contribution is 7.11. The predicted octanol–water partition coefficient (Wildman–Crippen LogP) is 2.59. The van der Waals surface area contributed by atoms with Crippen molar-refractivity contribution in [3.63, 3.8) is 0 Å². The molecule has 0 aliphatic heterocycles. The summed E-state index contributed by atoms with van der Waals surface area (Å²) in [5.41, 5.74) is 0. The summed E-state index contributed by atoms with van der Waals surface area (Å²) in [5.74, 6) is 2.83. The molecule has 2 fully saturated rings. The Bertz CT molecular complexity index is 366. The van der Waals surface area contributed by atoms with Crippen molar-refractivity contribution in [1.29, 1.82) is 0 Å². The van der Waals surface area contributed by atoms with Gasteiger partial charge >= 0.3 is 0 Å². The first kappa shape index (κ1) is 11.6. The van der Waals surface area contributed by atoms with Crippen LogP contribution in [0.3, 0.4) is 0 Å². The second kappa shape index (κ2) is 5.02. The molecule has 2 aliphatic rings. The van der Waals surface area contributed by atoms with Gasteiger partial charge in [-0.15, -0.1) is 21.5 Å². The van der Waals surface area contributed by atoms with E-state index in [4.69, 9.17) is 0 Å². The minimum absolute atomic E-state index is 0.749. The van der Waals surface area contributed by atoms with Crippen molar-refractivity contribution in [1.82, 2.24) is 15.5 Å². The van der Waals surface area contributed by atoms with Crippen molar-refractivity contribution in [3.05, 3.63) is 10.0 Å². The smallest absolute Gasteiger partial charge is 0.120 e. The van der Waals surface area contributed by atoms with Crippen LogP contribution in [0.1, 0.15) is 48.5 Å². The molecule has 2 atom stereocenters. The van der Waals surface area contributed by atoms with E-state index in [0.717, 1.165) is 37.3 Å². The maximum Gasteiger partial charge on any atom is 0.120 e. The molecule has 2 unspecified atom stereocenters. The second-order valence-corrected chi connectivity index (χ2v) is 6.51. The van der Waals surface area contributed by atoms with Crippen molar-refractivity contribution in [2.24, 2.45) is 11.8 Å². The van der Waals surface area contributed by atoms with Crippen molar-refractivity contribution in [2.75, 3.05) is 13.1 Å². The normalized spacial score (nSPS) is 30.5. The average molecular weight is 251 g/mol. The number of aryl methyl sites for hydroxylation is 1. The maximum absolute atomic E-state index is 4.40. The highest BCUT2D eigenvalue weighted by atomic mass is 32.1. The van der Waals surface area contributed by atoms with Gasteiger partial charge < -0.3 is 5.32 Å². The van der Waals surface area contributed by atoms with Crippen molar-refractivity contribution < 1.29 is 0 Å². The van der Waals surface area contributed by atoms with Crippen LogP contribution in [0.2, 0.25) is 0 Å². The van der Waals surface area contributed by atoms with E-state index >= 15 is 0 Å². The van der Waals surface area contributed by atoms with E-state index in [1.807, 2.05) is 11.3 Å². The zero-order chi connectivity index (χ0) is 11.7. The third kappa shape index (κ3) is 2.68. The van der Waals surface area contributed by atoms with E-state index in [-0.39, 0.29) is 0 Å². The molecule has 17 heavy (non-hydrogen) atoms. The molecule has 1 aromatic heterocycles. The molecule has 0 amide bonds. The fourth-order valence-corrected chi connectivity index (χ4v) is 4.00. The second-order valence-electron chi connectivity index (χ2n) is 5.42. The van der Waals surface area contributed by atoms with Crippen LogP contribution in [0, 0.1) is 11.8 Å². The minimum Gasteiger partial charge on any atom is -0.317 e. The van der Waals surface area contributed by atoms with Crippen LogP contribution >= 0.6 is 11.3 Å². The average Bonchev–Trinajstić information content (AvgIpc) is 2.81. The van der Waals surface area contributed by atoms with E-state index in [0.29, 0.717) is 0 Å². The van der Waals surface area contributed by atoms with Crippen molar-refractivity contribution in [3.8, 4) is 0 Å². The summed E-state index contributed by atoms with van der Waals surface area (Å²) in [5, 5.41) is 14.6. The summed E-state index contributed by atoms with van der Waals surface area (Å²) in [7, 11) is 0. The molecule has 1 aromatic rings. The fraction of sp³-hybridized carbons (Fsp3) is 0.846. The van der Waals surface area contributed by atoms with E-state index in [2.05, 4.69) is 22.4 Å². The number of fused-ring (bicyclic) bond motifs is 1. The summed E-state index contributed by atoms with van der Waals surface area (Å²) >= 11 is 1.86. The lowest BCUT2D eigenvalue weighted by Gasteiger charge is -2.05. The van der Waals surface area contributed by atoms with Gasteiger partial charge in [0.05, 0.1) is 0 Å². The Kier molecular flexibility index (Phi) is 3.43. The molecule has 1 heterocycles. The van der Waals surface area contributed by atoms with Crippen LogP contribution in [-0.4, -0.2) is 23.3 Å². The third-order valence-corrected chi connectivity index (χ3v) is 5.22. The molecule has 0 radical (unpaired) electrons. The molecule has 2 saturated carbocycles. The van der Waals surface area contributed by atoms with Gasteiger partial charge in [0.25, 0.3) is 0 Å². The Morgan fingerprint density at radius 3 is 2.82 bits per heavy atom. The maximum atomic E-state index is 4.40. The Labute approximate surface area is 107 Å². The van der Waals surface area contributed by atoms with Crippen LogP contribution in [-0.2, 0) is 6.42 Å². The number of aromatic nitrogens is 2. The van der Waals surface area contributed by atoms with E-state index in [1.54, 1.807) is 0 Å². The molecule has 94 valence electrons. The van der Waals surface area contributed by atoms with E-state index in [1.165, 1.54) is 35.7 Å². The van der Waals surface area contributed by atoms with Gasteiger partial charge in [0.1, 0.15) is 10.0 Å². The van der Waals surface area contributed by atoms with Gasteiger partial charge in [0.15, 0.2) is 0 Å². The minimum atomic E-state index is 0.749. The predicted molar refractivity (Wildman–Crippen MR) is 70.3 cm³/mol. The summed E-state index contributed by atoms with van der Waals surface area (Å²) in [4.78, 5) is 0. The van der Waals surface area contributed by atoms with Crippen LogP contribution in [0.25, 0.3) is 0 Å². The van der Waals surface area contributed by atoms with Gasteiger partial charge in [-0.1, -0.05) is 6.92 Å². The van der Waals surface area contributed by atoms with E-state index < -0.39 is 0 Å². The Hall–Kier alpha value is -0.480. The quantitative estimate of drug-likeness (QED) is 0.790. The molecule has 4 heteroatoms. The number of nitrogens with one attached hydrogen (secondary N) is 1. The Balaban J connectivity index is 1.48. The molecule has 2 aliphatic carbocycles. The Morgan fingerprint density at radius 1 is 1.24 bits per heavy atom. The van der Waals surface area contributed by atoms with Crippen LogP contribution in [0.15, 0.2) is 0 Å². The molecule has 0 aromatic carbocycles. The lowest BCUT2D eigenvalue weighted by Crippen LogP contribution is -2.14. The summed E-state index contributed by atoms with van der Waals surface area (Å²) in [6.07, 6.45) is 6.53. The number of hydrogen-bond donors (Lipinski definition) is 1. The molecular weight excluding hydrogens is 230 g/mol. The summed E-state index contributed by atoms with van der Waals surface area (Å²) in [6.45, 7) is 4.31. The van der Waals surface area contributed by atoms with Gasteiger partial charge in [-0.3, -0.25) is 0 Å². The van der Waals surface area contributed by atoms with Crippen LogP contribution in [0.5, 0.6) is 0 Å². The number of rotatable bonds is 6. The SMILES string of the molecule is CCNCCCc1nnc(C2CC3CC3C2)s1. The first-order valence-electron chi connectivity index (χ1n) is 6.89. The molecule has 1 N–H and O–H groups in total. The highest BCUT2D eigenvalue weighted by Crippen LogP contribution is 2.57. The zero-order valence-corrected chi connectivity index (χ0v) is 11.3. The van der Waals surface area contributed by atoms with E-state index in [9.17, 15) is 0 Å². The topological polar surface area (TPSA) is 37.8 Å². The first-order valence-corrected chi connectivity index (χ1v) is 7.71. The van der Waals surface area contributed by atoms with Gasteiger partial charge in [0, 0.05) is 12.3 Å². The largest absolute Gasteiger partial charge is 0.317 e. The zero-order valence-electron chi connectivity index (χ0n) is 10.5. The highest BCUT2D eigenvalue weighted by Gasteiger charge is 2.47. The molecule has 3 rings (SSSR count). The molecular formula is C13H21N3S. The monoisotopic (exact) mass is 251 g/mol. The van der Waals surface area contributed by atoms with Gasteiger partial charge in [0.2, 0.25) is 0 Å². The summed E-state index contributed by atoms with van der Waals surface area (Å²) in [6, 6.07) is 0. The van der Waals surface area contributed by atoms with Gasteiger partial charge in [-0.05, 0) is 50.6 Å².